The van der Waals surface area contributed by atoms with Crippen LogP contribution in [0.25, 0.3) is 0 Å². The molecular formula is C14H24N2. The van der Waals surface area contributed by atoms with Crippen LogP contribution in [-0.2, 0) is 12.8 Å². The Hall–Kier alpha value is -1.05. The van der Waals surface area contributed by atoms with Gasteiger partial charge in [-0.3, -0.25) is 0 Å². The summed E-state index contributed by atoms with van der Waals surface area (Å²) < 4.78 is 0. The molecule has 0 aliphatic carbocycles. The van der Waals surface area contributed by atoms with Gasteiger partial charge in [0.05, 0.1) is 0 Å². The van der Waals surface area contributed by atoms with Crippen LogP contribution in [0.1, 0.15) is 43.5 Å². The van der Waals surface area contributed by atoms with Gasteiger partial charge in [-0.15, -0.1) is 0 Å². The van der Waals surface area contributed by atoms with E-state index in [4.69, 9.17) is 0 Å². The van der Waals surface area contributed by atoms with Gasteiger partial charge in [-0.1, -0.05) is 20.3 Å². The standard InChI is InChI=1S/C14H24N2/c1-6-8-9-12-10-11(3)15-14(16(4)5)13(12)7-2/h10H,6-9H2,1-5H3. The summed E-state index contributed by atoms with van der Waals surface area (Å²) in [6.45, 7) is 6.54. The summed E-state index contributed by atoms with van der Waals surface area (Å²) in [7, 11) is 4.15. The number of pyridine rings is 1. The molecule has 0 aliphatic heterocycles. The lowest BCUT2D eigenvalue weighted by atomic mass is 10.00. The van der Waals surface area contributed by atoms with Crippen LogP contribution in [0.2, 0.25) is 0 Å². The van der Waals surface area contributed by atoms with Crippen LogP contribution in [0.15, 0.2) is 6.07 Å². The summed E-state index contributed by atoms with van der Waals surface area (Å²) in [6.07, 6.45) is 4.77. The molecule has 0 amide bonds. The Morgan fingerprint density at radius 1 is 1.25 bits per heavy atom. The first-order chi connectivity index (χ1) is 7.60. The van der Waals surface area contributed by atoms with Gasteiger partial charge in [0.15, 0.2) is 0 Å². The van der Waals surface area contributed by atoms with Crippen molar-refractivity contribution in [2.24, 2.45) is 0 Å². The summed E-state index contributed by atoms with van der Waals surface area (Å²) in [6, 6.07) is 2.25. The van der Waals surface area contributed by atoms with Crippen molar-refractivity contribution in [1.82, 2.24) is 4.98 Å². The molecule has 0 N–H and O–H groups in total. The largest absolute Gasteiger partial charge is 0.363 e. The average molecular weight is 220 g/mol. The zero-order valence-corrected chi connectivity index (χ0v) is 11.3. The predicted molar refractivity (Wildman–Crippen MR) is 71.3 cm³/mol. The maximum Gasteiger partial charge on any atom is 0.131 e. The van der Waals surface area contributed by atoms with Crippen LogP contribution in [0.5, 0.6) is 0 Å². The highest BCUT2D eigenvalue weighted by atomic mass is 15.1. The average Bonchev–Trinajstić information content (AvgIpc) is 2.25. The Morgan fingerprint density at radius 3 is 2.44 bits per heavy atom. The number of hydrogen-bond acceptors (Lipinski definition) is 2. The molecule has 0 aromatic carbocycles. The minimum absolute atomic E-state index is 1.07. The van der Waals surface area contributed by atoms with Crippen molar-refractivity contribution < 1.29 is 0 Å². The van der Waals surface area contributed by atoms with Crippen LogP contribution >= 0.6 is 0 Å². The van der Waals surface area contributed by atoms with Gasteiger partial charge in [-0.25, -0.2) is 4.98 Å². The Kier molecular flexibility index (Phi) is 4.78. The fraction of sp³-hybridized carbons (Fsp3) is 0.643. The molecule has 2 heteroatoms. The van der Waals surface area contributed by atoms with E-state index in [0.717, 1.165) is 17.9 Å². The van der Waals surface area contributed by atoms with E-state index in [1.165, 1.54) is 30.4 Å². The van der Waals surface area contributed by atoms with E-state index in [2.05, 4.69) is 50.8 Å². The summed E-state index contributed by atoms with van der Waals surface area (Å²) >= 11 is 0. The summed E-state index contributed by atoms with van der Waals surface area (Å²) in [5.41, 5.74) is 4.04. The quantitative estimate of drug-likeness (QED) is 0.756. The molecule has 1 rings (SSSR count). The maximum absolute atomic E-state index is 4.64. The SMILES string of the molecule is CCCCc1cc(C)nc(N(C)C)c1CC. The number of aromatic nitrogens is 1. The fourth-order valence-corrected chi connectivity index (χ4v) is 2.10. The summed E-state index contributed by atoms with van der Waals surface area (Å²) in [5.74, 6) is 1.15. The molecule has 0 radical (unpaired) electrons. The lowest BCUT2D eigenvalue weighted by Gasteiger charge is -2.19. The van der Waals surface area contributed by atoms with Crippen LogP contribution in [-0.4, -0.2) is 19.1 Å². The minimum atomic E-state index is 1.07. The van der Waals surface area contributed by atoms with E-state index in [1.807, 2.05) is 0 Å². The van der Waals surface area contributed by atoms with E-state index in [-0.39, 0.29) is 0 Å². The van der Waals surface area contributed by atoms with E-state index >= 15 is 0 Å². The first kappa shape index (κ1) is 13.0. The van der Waals surface area contributed by atoms with E-state index in [9.17, 15) is 0 Å². The highest BCUT2D eigenvalue weighted by Crippen LogP contribution is 2.23. The second kappa shape index (κ2) is 5.88. The molecule has 0 aliphatic rings. The monoisotopic (exact) mass is 220 g/mol. The van der Waals surface area contributed by atoms with Gasteiger partial charge in [0.25, 0.3) is 0 Å². The molecule has 0 saturated heterocycles. The molecular weight excluding hydrogens is 196 g/mol. The second-order valence-electron chi connectivity index (χ2n) is 4.58. The van der Waals surface area contributed by atoms with Crippen molar-refractivity contribution in [2.45, 2.75) is 46.5 Å². The third-order valence-electron chi connectivity index (χ3n) is 2.90. The second-order valence-corrected chi connectivity index (χ2v) is 4.58. The van der Waals surface area contributed by atoms with Gasteiger partial charge in [0.2, 0.25) is 0 Å². The number of unbranched alkanes of at least 4 members (excludes halogenated alkanes) is 1. The van der Waals surface area contributed by atoms with E-state index < -0.39 is 0 Å². The number of rotatable bonds is 5. The van der Waals surface area contributed by atoms with Gasteiger partial charge < -0.3 is 4.90 Å². The molecule has 0 fully saturated rings. The van der Waals surface area contributed by atoms with Crippen molar-refractivity contribution in [3.63, 3.8) is 0 Å². The van der Waals surface area contributed by atoms with Gasteiger partial charge >= 0.3 is 0 Å². The normalized spacial score (nSPS) is 10.6. The van der Waals surface area contributed by atoms with Crippen molar-refractivity contribution in [1.29, 1.82) is 0 Å². The highest BCUT2D eigenvalue weighted by molar-refractivity contribution is 5.51. The van der Waals surface area contributed by atoms with Crippen LogP contribution in [0.4, 0.5) is 5.82 Å². The van der Waals surface area contributed by atoms with Crippen molar-refractivity contribution in [3.8, 4) is 0 Å². The molecule has 16 heavy (non-hydrogen) atoms. The molecule has 1 aromatic heterocycles. The third kappa shape index (κ3) is 2.97. The van der Waals surface area contributed by atoms with Crippen molar-refractivity contribution >= 4 is 5.82 Å². The van der Waals surface area contributed by atoms with Crippen LogP contribution in [0, 0.1) is 6.92 Å². The lowest BCUT2D eigenvalue weighted by Crippen LogP contribution is -2.15. The number of nitrogens with zero attached hydrogens (tertiary/aromatic N) is 2. The first-order valence-corrected chi connectivity index (χ1v) is 6.26. The highest BCUT2D eigenvalue weighted by Gasteiger charge is 2.10. The molecule has 1 aromatic rings. The van der Waals surface area contributed by atoms with Gasteiger partial charge in [-0.2, -0.15) is 0 Å². The lowest BCUT2D eigenvalue weighted by molar-refractivity contribution is 0.782. The molecule has 0 spiro atoms. The zero-order valence-electron chi connectivity index (χ0n) is 11.3. The first-order valence-electron chi connectivity index (χ1n) is 6.26. The van der Waals surface area contributed by atoms with Gasteiger partial charge in [-0.05, 0) is 43.4 Å². The Bertz CT molecular complexity index is 343. The molecule has 0 atom stereocenters. The van der Waals surface area contributed by atoms with Gasteiger partial charge in [0, 0.05) is 19.8 Å². The molecule has 2 nitrogen and oxygen atoms in total. The topological polar surface area (TPSA) is 16.1 Å². The summed E-state index contributed by atoms with van der Waals surface area (Å²) in [4.78, 5) is 6.76. The molecule has 0 bridgehead atoms. The smallest absolute Gasteiger partial charge is 0.131 e. The zero-order chi connectivity index (χ0) is 12.1. The van der Waals surface area contributed by atoms with Crippen LogP contribution in [0.3, 0.4) is 0 Å². The molecule has 90 valence electrons. The van der Waals surface area contributed by atoms with E-state index in [1.54, 1.807) is 0 Å². The number of aryl methyl sites for hydroxylation is 2. The third-order valence-corrected chi connectivity index (χ3v) is 2.90. The van der Waals surface area contributed by atoms with Crippen molar-refractivity contribution in [3.05, 3.63) is 22.9 Å². The summed E-state index contributed by atoms with van der Waals surface area (Å²) in [5, 5.41) is 0. The molecule has 0 unspecified atom stereocenters. The van der Waals surface area contributed by atoms with Crippen LogP contribution < -0.4 is 4.90 Å². The fourth-order valence-electron chi connectivity index (χ4n) is 2.10. The predicted octanol–water partition coefficient (Wildman–Crippen LogP) is 3.36. The minimum Gasteiger partial charge on any atom is -0.363 e. The molecule has 0 saturated carbocycles. The Labute approximate surface area is 99.7 Å². The Morgan fingerprint density at radius 2 is 1.94 bits per heavy atom. The molecule has 1 heterocycles. The maximum atomic E-state index is 4.64. The van der Waals surface area contributed by atoms with Gasteiger partial charge in [0.1, 0.15) is 5.82 Å². The van der Waals surface area contributed by atoms with E-state index in [0.29, 0.717) is 0 Å². The van der Waals surface area contributed by atoms with Crippen molar-refractivity contribution in [2.75, 3.05) is 19.0 Å². The number of anilines is 1. The number of hydrogen-bond donors (Lipinski definition) is 0. The Balaban J connectivity index is 3.14.